The minimum absolute atomic E-state index is 0.485. The maximum Gasteiger partial charge on any atom is 0.222 e. The molecule has 0 spiro atoms. The Labute approximate surface area is 141 Å². The van der Waals surface area contributed by atoms with Crippen molar-refractivity contribution in [2.45, 2.75) is 6.92 Å². The number of nitrogens with zero attached hydrogens (tertiary/aromatic N) is 1. The number of fused-ring (bicyclic) bond motifs is 1. The van der Waals surface area contributed by atoms with Crippen molar-refractivity contribution in [3.8, 4) is 17.2 Å². The van der Waals surface area contributed by atoms with Crippen LogP contribution in [0.1, 0.15) is 5.69 Å². The molecule has 6 nitrogen and oxygen atoms in total. The molecule has 0 fully saturated rings. The van der Waals surface area contributed by atoms with E-state index in [0.717, 1.165) is 22.3 Å². The summed E-state index contributed by atoms with van der Waals surface area (Å²) in [5.74, 6) is 2.01. The highest BCUT2D eigenvalue weighted by atomic mass is 32.2. The third kappa shape index (κ3) is 3.57. The molecule has 1 heterocycles. The molecule has 0 bridgehead atoms. The second kappa shape index (κ2) is 6.76. The van der Waals surface area contributed by atoms with Crippen molar-refractivity contribution in [2.75, 3.05) is 11.8 Å². The van der Waals surface area contributed by atoms with Gasteiger partial charge in [-0.15, -0.1) is 0 Å². The lowest BCUT2D eigenvalue weighted by Gasteiger charge is -2.11. The number of ether oxygens (including phenoxy) is 2. The Morgan fingerprint density at radius 2 is 1.71 bits per heavy atom. The van der Waals surface area contributed by atoms with Crippen LogP contribution in [-0.2, 0) is 10.9 Å². The van der Waals surface area contributed by atoms with Crippen LogP contribution in [0.4, 0.5) is 5.69 Å². The largest absolute Gasteiger partial charge is 0.497 e. The number of aromatic nitrogens is 1. The highest BCUT2D eigenvalue weighted by Gasteiger charge is 2.08. The van der Waals surface area contributed by atoms with Crippen molar-refractivity contribution in [3.05, 3.63) is 54.2 Å². The Bertz CT molecular complexity index is 945. The van der Waals surface area contributed by atoms with Crippen LogP contribution in [0.2, 0.25) is 0 Å². The van der Waals surface area contributed by atoms with Gasteiger partial charge >= 0.3 is 0 Å². The van der Waals surface area contributed by atoms with Gasteiger partial charge in [0, 0.05) is 28.9 Å². The van der Waals surface area contributed by atoms with E-state index in [0.29, 0.717) is 17.2 Å². The van der Waals surface area contributed by atoms with E-state index in [1.807, 2.05) is 31.2 Å². The number of hydrogen-bond acceptors (Lipinski definition) is 5. The highest BCUT2D eigenvalue weighted by molar-refractivity contribution is 7.73. The van der Waals surface area contributed by atoms with Crippen LogP contribution in [0.5, 0.6) is 17.2 Å². The molecule has 1 aromatic heterocycles. The lowest BCUT2D eigenvalue weighted by atomic mass is 10.1. The summed E-state index contributed by atoms with van der Waals surface area (Å²) in [6, 6.07) is 14.1. The molecule has 24 heavy (non-hydrogen) atoms. The lowest BCUT2D eigenvalue weighted by molar-refractivity contribution is 0.415. The van der Waals surface area contributed by atoms with Crippen LogP contribution < -0.4 is 14.2 Å². The zero-order chi connectivity index (χ0) is 17.1. The van der Waals surface area contributed by atoms with E-state index in [-0.39, 0.29) is 0 Å². The van der Waals surface area contributed by atoms with Gasteiger partial charge in [-0.2, -0.15) is 0 Å². The molecule has 0 radical (unpaired) electrons. The second-order valence-corrected chi connectivity index (χ2v) is 5.88. The Morgan fingerprint density at radius 3 is 2.38 bits per heavy atom. The van der Waals surface area contributed by atoms with E-state index in [1.54, 1.807) is 31.4 Å². The fourth-order valence-electron chi connectivity index (χ4n) is 2.34. The summed E-state index contributed by atoms with van der Waals surface area (Å²) in [4.78, 5) is 4.50. The molecular formula is C17H16N2O4S. The predicted molar refractivity (Wildman–Crippen MR) is 93.5 cm³/mol. The maximum atomic E-state index is 10.7. The van der Waals surface area contributed by atoms with Crippen molar-refractivity contribution >= 4 is 27.5 Å². The molecule has 0 saturated carbocycles. The lowest BCUT2D eigenvalue weighted by Crippen LogP contribution is -1.95. The fraction of sp³-hybridized carbons (Fsp3) is 0.118. The van der Waals surface area contributed by atoms with Crippen molar-refractivity contribution in [3.63, 3.8) is 0 Å². The summed E-state index contributed by atoms with van der Waals surface area (Å²) < 4.78 is 34.8. The fourth-order valence-corrected chi connectivity index (χ4v) is 2.70. The molecule has 0 amide bonds. The molecule has 3 aromatic rings. The van der Waals surface area contributed by atoms with E-state index >= 15 is 0 Å². The Morgan fingerprint density at radius 1 is 1.00 bits per heavy atom. The molecule has 124 valence electrons. The summed E-state index contributed by atoms with van der Waals surface area (Å²) in [6.07, 6.45) is 0. The number of benzene rings is 2. The molecule has 0 aliphatic carbocycles. The summed E-state index contributed by atoms with van der Waals surface area (Å²) in [5, 5.41) is 0.867. The van der Waals surface area contributed by atoms with E-state index in [4.69, 9.17) is 9.47 Å². The van der Waals surface area contributed by atoms with Gasteiger partial charge in [0.15, 0.2) is 0 Å². The van der Waals surface area contributed by atoms with Gasteiger partial charge in [-0.05, 0) is 43.3 Å². The van der Waals surface area contributed by atoms with Crippen LogP contribution in [0.15, 0.2) is 48.5 Å². The number of nitrogens with one attached hydrogen (secondary N) is 1. The summed E-state index contributed by atoms with van der Waals surface area (Å²) in [7, 11) is -1.07. The van der Waals surface area contributed by atoms with Crippen LogP contribution in [-0.4, -0.2) is 20.5 Å². The van der Waals surface area contributed by atoms with Gasteiger partial charge in [0.25, 0.3) is 0 Å². The van der Waals surface area contributed by atoms with Gasteiger partial charge in [0.2, 0.25) is 10.9 Å². The first-order valence-electron chi connectivity index (χ1n) is 7.19. The molecule has 7 heteroatoms. The topological polar surface area (TPSA) is 77.5 Å². The van der Waals surface area contributed by atoms with Gasteiger partial charge in [0.1, 0.15) is 17.2 Å². The number of pyridine rings is 1. The third-order valence-electron chi connectivity index (χ3n) is 3.41. The van der Waals surface area contributed by atoms with Gasteiger partial charge in [-0.1, -0.05) is 0 Å². The van der Waals surface area contributed by atoms with E-state index < -0.39 is 10.9 Å². The molecule has 2 aromatic carbocycles. The standard InChI is InChI=1S/C17H16N2O4S/c1-11-9-17(15-8-7-14(22-2)10-16(15)18-11)23-13-5-3-12(4-6-13)19-24(20)21/h3-10,24H,1-2H3,(H,19,20,21). The van der Waals surface area contributed by atoms with Crippen LogP contribution in [0.3, 0.4) is 0 Å². The average Bonchev–Trinajstić information content (AvgIpc) is 2.55. The highest BCUT2D eigenvalue weighted by Crippen LogP contribution is 2.32. The summed E-state index contributed by atoms with van der Waals surface area (Å²) >= 11 is 0. The Hall–Kier alpha value is -2.80. The molecule has 1 N–H and O–H groups in total. The smallest absolute Gasteiger partial charge is 0.222 e. The summed E-state index contributed by atoms with van der Waals surface area (Å²) in [6.45, 7) is 1.89. The minimum Gasteiger partial charge on any atom is -0.497 e. The number of thiol groups is 1. The molecular weight excluding hydrogens is 328 g/mol. The van der Waals surface area contributed by atoms with Crippen molar-refractivity contribution < 1.29 is 17.9 Å². The van der Waals surface area contributed by atoms with Gasteiger partial charge < -0.3 is 9.47 Å². The molecule has 3 rings (SSSR count). The molecule has 0 saturated heterocycles. The number of anilines is 1. The van der Waals surface area contributed by atoms with Gasteiger partial charge in [-0.25, -0.2) is 8.42 Å². The van der Waals surface area contributed by atoms with Crippen molar-refractivity contribution in [1.29, 1.82) is 0 Å². The first-order valence-corrected chi connectivity index (χ1v) is 8.37. The van der Waals surface area contributed by atoms with Crippen LogP contribution >= 0.6 is 0 Å². The molecule has 0 aliphatic heterocycles. The van der Waals surface area contributed by atoms with E-state index in [9.17, 15) is 8.42 Å². The van der Waals surface area contributed by atoms with E-state index in [2.05, 4.69) is 9.71 Å². The molecule has 0 unspecified atom stereocenters. The first kappa shape index (κ1) is 16.1. The average molecular weight is 344 g/mol. The number of hydrogen-bond donors (Lipinski definition) is 2. The van der Waals surface area contributed by atoms with Crippen molar-refractivity contribution in [2.24, 2.45) is 0 Å². The van der Waals surface area contributed by atoms with Crippen LogP contribution in [0.25, 0.3) is 10.9 Å². The maximum absolute atomic E-state index is 10.7. The van der Waals surface area contributed by atoms with E-state index in [1.165, 1.54) is 0 Å². The first-order chi connectivity index (χ1) is 11.5. The van der Waals surface area contributed by atoms with Crippen molar-refractivity contribution in [1.82, 2.24) is 4.98 Å². The Kier molecular flexibility index (Phi) is 4.52. The van der Waals surface area contributed by atoms with Gasteiger partial charge in [-0.3, -0.25) is 9.71 Å². The third-order valence-corrected chi connectivity index (χ3v) is 3.85. The quantitative estimate of drug-likeness (QED) is 0.695. The van der Waals surface area contributed by atoms with Gasteiger partial charge in [0.05, 0.1) is 12.6 Å². The Balaban J connectivity index is 1.94. The monoisotopic (exact) mass is 344 g/mol. The zero-order valence-electron chi connectivity index (χ0n) is 13.1. The second-order valence-electron chi connectivity index (χ2n) is 5.14. The minimum atomic E-state index is -2.68. The SMILES string of the molecule is COc1ccc2c(Oc3ccc(N[SH](=O)=O)cc3)cc(C)nc2c1. The zero-order valence-corrected chi connectivity index (χ0v) is 14.0. The summed E-state index contributed by atoms with van der Waals surface area (Å²) in [5.41, 5.74) is 2.09. The van der Waals surface area contributed by atoms with Crippen LogP contribution in [0, 0.1) is 6.92 Å². The normalized spacial score (nSPS) is 10.8. The predicted octanol–water partition coefficient (Wildman–Crippen LogP) is 3.28. The molecule has 0 aliphatic rings. The molecule has 0 atom stereocenters. The number of methoxy groups -OCH3 is 1. The number of aryl methyl sites for hydroxylation is 1. The number of rotatable bonds is 5.